The molecule has 0 spiro atoms. The summed E-state index contributed by atoms with van der Waals surface area (Å²) in [6.07, 6.45) is 1.16. The number of ether oxygens (including phenoxy) is 2. The second-order valence-corrected chi connectivity index (χ2v) is 6.47. The maximum Gasteiger partial charge on any atom is 0.161 e. The van der Waals surface area contributed by atoms with Crippen LogP contribution in [0, 0.1) is 0 Å². The first-order chi connectivity index (χ1) is 11.7. The third-order valence-corrected chi connectivity index (χ3v) is 5.18. The number of carbonyl (C=O) groups is 1. The fourth-order valence-corrected chi connectivity index (χ4v) is 4.04. The normalized spacial score (nSPS) is 22.8. The first-order valence-electron chi connectivity index (χ1n) is 8.28. The summed E-state index contributed by atoms with van der Waals surface area (Å²) >= 11 is 0. The SMILES string of the molecule is COc1cc2c(cc1OC)[C@@H]1CC(=O)C[C@@H](c3ccccc3)N1C2. The van der Waals surface area contributed by atoms with E-state index >= 15 is 0 Å². The first kappa shape index (κ1) is 15.2. The zero-order valence-corrected chi connectivity index (χ0v) is 14.0. The second-order valence-electron chi connectivity index (χ2n) is 6.47. The van der Waals surface area contributed by atoms with E-state index in [4.69, 9.17) is 9.47 Å². The Hall–Kier alpha value is -2.33. The van der Waals surface area contributed by atoms with Crippen LogP contribution in [0.1, 0.15) is 41.6 Å². The molecule has 0 aliphatic carbocycles. The summed E-state index contributed by atoms with van der Waals surface area (Å²) in [6.45, 7) is 0.840. The van der Waals surface area contributed by atoms with Gasteiger partial charge in [-0.05, 0) is 28.8 Å². The van der Waals surface area contributed by atoms with E-state index < -0.39 is 0 Å². The molecule has 2 heterocycles. The lowest BCUT2D eigenvalue weighted by molar-refractivity contribution is -0.125. The van der Waals surface area contributed by atoms with Crippen molar-refractivity contribution in [2.45, 2.75) is 31.5 Å². The van der Waals surface area contributed by atoms with Crippen molar-refractivity contribution in [1.29, 1.82) is 0 Å². The van der Waals surface area contributed by atoms with Gasteiger partial charge in [0.05, 0.1) is 14.2 Å². The molecule has 4 nitrogen and oxygen atoms in total. The lowest BCUT2D eigenvalue weighted by atomic mass is 9.89. The van der Waals surface area contributed by atoms with Crippen molar-refractivity contribution < 1.29 is 14.3 Å². The number of piperidine rings is 1. The third-order valence-electron chi connectivity index (χ3n) is 5.18. The van der Waals surface area contributed by atoms with Gasteiger partial charge in [-0.3, -0.25) is 9.69 Å². The molecule has 2 aliphatic rings. The van der Waals surface area contributed by atoms with Crippen LogP contribution in [-0.4, -0.2) is 24.9 Å². The number of nitrogens with zero attached hydrogens (tertiary/aromatic N) is 1. The lowest BCUT2D eigenvalue weighted by Crippen LogP contribution is -2.35. The Kier molecular flexibility index (Phi) is 3.77. The van der Waals surface area contributed by atoms with Gasteiger partial charge in [-0.15, -0.1) is 0 Å². The third kappa shape index (κ3) is 2.38. The van der Waals surface area contributed by atoms with E-state index in [0.29, 0.717) is 18.6 Å². The average molecular weight is 323 g/mol. The first-order valence-corrected chi connectivity index (χ1v) is 8.28. The largest absolute Gasteiger partial charge is 0.493 e. The highest BCUT2D eigenvalue weighted by Crippen LogP contribution is 2.49. The highest BCUT2D eigenvalue weighted by molar-refractivity contribution is 5.81. The predicted octanol–water partition coefficient (Wildman–Crippen LogP) is 3.66. The minimum Gasteiger partial charge on any atom is -0.493 e. The zero-order valence-electron chi connectivity index (χ0n) is 14.0. The van der Waals surface area contributed by atoms with E-state index in [2.05, 4.69) is 23.1 Å². The standard InChI is InChI=1S/C20H21NO3/c1-23-19-8-14-12-21-17(13-6-4-3-5-7-13)9-15(22)10-18(21)16(14)11-20(19)24-2/h3-8,11,17-18H,9-10,12H2,1-2H3/t17-,18-/m0/s1. The van der Waals surface area contributed by atoms with Gasteiger partial charge in [-0.2, -0.15) is 0 Å². The zero-order chi connectivity index (χ0) is 16.7. The van der Waals surface area contributed by atoms with Gasteiger partial charge in [-0.1, -0.05) is 30.3 Å². The topological polar surface area (TPSA) is 38.8 Å². The number of hydrogen-bond donors (Lipinski definition) is 0. The maximum atomic E-state index is 12.4. The van der Waals surface area contributed by atoms with Gasteiger partial charge in [0.25, 0.3) is 0 Å². The number of fused-ring (bicyclic) bond motifs is 3. The predicted molar refractivity (Wildman–Crippen MR) is 91.3 cm³/mol. The molecular weight excluding hydrogens is 302 g/mol. The Morgan fingerprint density at radius 2 is 1.62 bits per heavy atom. The Balaban J connectivity index is 1.75. The molecule has 2 aromatic carbocycles. The number of Topliss-reactive ketones (excluding diaryl/α,β-unsaturated/α-hetero) is 1. The van der Waals surface area contributed by atoms with Crippen molar-refractivity contribution in [3.05, 3.63) is 59.2 Å². The van der Waals surface area contributed by atoms with Gasteiger partial charge >= 0.3 is 0 Å². The molecule has 1 fully saturated rings. The van der Waals surface area contributed by atoms with E-state index in [1.807, 2.05) is 24.3 Å². The minimum atomic E-state index is 0.131. The summed E-state index contributed by atoms with van der Waals surface area (Å²) in [5, 5.41) is 0. The average Bonchev–Trinajstić information content (AvgIpc) is 2.97. The fourth-order valence-electron chi connectivity index (χ4n) is 4.04. The van der Waals surface area contributed by atoms with Gasteiger partial charge in [-0.25, -0.2) is 0 Å². The monoisotopic (exact) mass is 323 g/mol. The summed E-state index contributed by atoms with van der Waals surface area (Å²) in [5.74, 6) is 1.80. The van der Waals surface area contributed by atoms with E-state index in [1.54, 1.807) is 14.2 Å². The number of benzene rings is 2. The van der Waals surface area contributed by atoms with Crippen LogP contribution in [-0.2, 0) is 11.3 Å². The molecule has 4 rings (SSSR count). The van der Waals surface area contributed by atoms with Crippen molar-refractivity contribution >= 4 is 5.78 Å². The van der Waals surface area contributed by atoms with Crippen LogP contribution in [0.3, 0.4) is 0 Å². The van der Waals surface area contributed by atoms with Crippen molar-refractivity contribution in [3.8, 4) is 11.5 Å². The quantitative estimate of drug-likeness (QED) is 0.864. The van der Waals surface area contributed by atoms with Crippen LogP contribution in [0.15, 0.2) is 42.5 Å². The van der Waals surface area contributed by atoms with Crippen LogP contribution in [0.2, 0.25) is 0 Å². The molecule has 0 bridgehead atoms. The Morgan fingerprint density at radius 1 is 0.958 bits per heavy atom. The van der Waals surface area contributed by atoms with Crippen LogP contribution in [0.25, 0.3) is 0 Å². The molecule has 2 aromatic rings. The number of rotatable bonds is 3. The highest BCUT2D eigenvalue weighted by Gasteiger charge is 2.41. The molecule has 1 saturated heterocycles. The van der Waals surface area contributed by atoms with Crippen molar-refractivity contribution in [2.75, 3.05) is 14.2 Å². The second kappa shape index (κ2) is 5.95. The summed E-state index contributed by atoms with van der Waals surface area (Å²) in [5.41, 5.74) is 3.64. The number of ketones is 1. The number of methoxy groups -OCH3 is 2. The van der Waals surface area contributed by atoms with E-state index in [9.17, 15) is 4.79 Å². The highest BCUT2D eigenvalue weighted by atomic mass is 16.5. The van der Waals surface area contributed by atoms with E-state index in [-0.39, 0.29) is 12.1 Å². The number of hydrogen-bond acceptors (Lipinski definition) is 4. The van der Waals surface area contributed by atoms with Gasteiger partial charge in [0.15, 0.2) is 11.5 Å². The maximum absolute atomic E-state index is 12.4. The Morgan fingerprint density at radius 3 is 2.33 bits per heavy atom. The van der Waals surface area contributed by atoms with Crippen molar-refractivity contribution in [2.24, 2.45) is 0 Å². The number of carbonyl (C=O) groups excluding carboxylic acids is 1. The summed E-state index contributed by atoms with van der Waals surface area (Å²) < 4.78 is 10.9. The fraction of sp³-hybridized carbons (Fsp3) is 0.350. The molecule has 0 saturated carbocycles. The smallest absolute Gasteiger partial charge is 0.161 e. The van der Waals surface area contributed by atoms with Crippen molar-refractivity contribution in [1.82, 2.24) is 4.90 Å². The molecule has 4 heteroatoms. The molecule has 0 N–H and O–H groups in total. The molecule has 0 unspecified atom stereocenters. The van der Waals surface area contributed by atoms with Crippen LogP contribution in [0.4, 0.5) is 0 Å². The summed E-state index contributed by atoms with van der Waals surface area (Å²) in [4.78, 5) is 14.8. The minimum absolute atomic E-state index is 0.131. The summed E-state index contributed by atoms with van der Waals surface area (Å²) in [6, 6.07) is 14.7. The van der Waals surface area contributed by atoms with Gasteiger partial charge in [0, 0.05) is 31.5 Å². The van der Waals surface area contributed by atoms with Crippen LogP contribution >= 0.6 is 0 Å². The molecule has 24 heavy (non-hydrogen) atoms. The van der Waals surface area contributed by atoms with Crippen LogP contribution in [0.5, 0.6) is 11.5 Å². The van der Waals surface area contributed by atoms with Gasteiger partial charge < -0.3 is 9.47 Å². The van der Waals surface area contributed by atoms with E-state index in [0.717, 1.165) is 18.0 Å². The molecule has 2 aliphatic heterocycles. The molecule has 2 atom stereocenters. The Bertz CT molecular complexity index is 772. The Labute approximate surface area is 142 Å². The van der Waals surface area contributed by atoms with Crippen LogP contribution < -0.4 is 9.47 Å². The van der Waals surface area contributed by atoms with Gasteiger partial charge in [0.2, 0.25) is 0 Å². The van der Waals surface area contributed by atoms with Gasteiger partial charge in [0.1, 0.15) is 5.78 Å². The molecular formula is C20H21NO3. The lowest BCUT2D eigenvalue weighted by Gasteiger charge is -2.37. The molecule has 0 radical (unpaired) electrons. The van der Waals surface area contributed by atoms with E-state index in [1.165, 1.54) is 16.7 Å². The molecule has 0 amide bonds. The summed E-state index contributed by atoms with van der Waals surface area (Å²) in [7, 11) is 3.30. The van der Waals surface area contributed by atoms with Crippen molar-refractivity contribution in [3.63, 3.8) is 0 Å². The molecule has 124 valence electrons. The molecule has 0 aromatic heterocycles.